The molecule has 0 radical (unpaired) electrons. The highest BCUT2D eigenvalue weighted by Gasteiger charge is 2.26. The number of rotatable bonds is 4. The van der Waals surface area contributed by atoms with Crippen LogP contribution in [0.25, 0.3) is 10.8 Å². The Morgan fingerprint density at radius 1 is 0.971 bits per heavy atom. The summed E-state index contributed by atoms with van der Waals surface area (Å²) < 4.78 is 29.2. The Labute approximate surface area is 200 Å². The van der Waals surface area contributed by atoms with Gasteiger partial charge in [-0.15, -0.1) is 0 Å². The predicted molar refractivity (Wildman–Crippen MR) is 131 cm³/mol. The summed E-state index contributed by atoms with van der Waals surface area (Å²) in [5.41, 5.74) is 2.53. The molecular formula is C27H24F2N4O2. The molecule has 0 aliphatic carbocycles. The van der Waals surface area contributed by atoms with Crippen molar-refractivity contribution in [1.82, 2.24) is 15.1 Å². The van der Waals surface area contributed by atoms with Gasteiger partial charge in [0.05, 0.1) is 16.6 Å². The van der Waals surface area contributed by atoms with E-state index in [9.17, 15) is 18.4 Å². The fraction of sp³-hybridized carbons (Fsp3) is 0.222. The highest BCUT2D eigenvalue weighted by Crippen LogP contribution is 2.23. The highest BCUT2D eigenvalue weighted by atomic mass is 19.2. The number of H-pyrrole nitrogens is 1. The lowest BCUT2D eigenvalue weighted by Gasteiger charge is -2.36. The zero-order valence-electron chi connectivity index (χ0n) is 19.2. The molecule has 1 aromatic heterocycles. The van der Waals surface area contributed by atoms with Crippen molar-refractivity contribution in [3.8, 4) is 0 Å². The van der Waals surface area contributed by atoms with E-state index in [4.69, 9.17) is 0 Å². The molecule has 4 aromatic rings. The topological polar surface area (TPSA) is 69.3 Å². The maximum absolute atomic E-state index is 14.7. The largest absolute Gasteiger partial charge is 0.368 e. The summed E-state index contributed by atoms with van der Waals surface area (Å²) in [6, 6.07) is 17.6. The Hall–Kier alpha value is -4.07. The van der Waals surface area contributed by atoms with Gasteiger partial charge < -0.3 is 9.80 Å². The Morgan fingerprint density at radius 3 is 2.37 bits per heavy atom. The first-order valence-corrected chi connectivity index (χ1v) is 11.5. The Kier molecular flexibility index (Phi) is 6.03. The quantitative estimate of drug-likeness (QED) is 0.484. The van der Waals surface area contributed by atoms with Gasteiger partial charge in [0.15, 0.2) is 11.6 Å². The number of aromatic nitrogens is 2. The van der Waals surface area contributed by atoms with Gasteiger partial charge in [-0.25, -0.2) is 13.9 Å². The van der Waals surface area contributed by atoms with Gasteiger partial charge in [-0.2, -0.15) is 5.10 Å². The number of anilines is 1. The van der Waals surface area contributed by atoms with Crippen LogP contribution < -0.4 is 10.5 Å². The summed E-state index contributed by atoms with van der Waals surface area (Å²) in [6.45, 7) is 4.05. The van der Waals surface area contributed by atoms with Crippen LogP contribution in [0.5, 0.6) is 0 Å². The number of aromatic amines is 1. The average Bonchev–Trinajstić information content (AvgIpc) is 2.88. The van der Waals surface area contributed by atoms with Crippen LogP contribution >= 0.6 is 0 Å². The molecule has 1 N–H and O–H groups in total. The minimum absolute atomic E-state index is 0.135. The van der Waals surface area contributed by atoms with E-state index < -0.39 is 17.5 Å². The highest BCUT2D eigenvalue weighted by molar-refractivity contribution is 5.95. The number of piperazine rings is 1. The summed E-state index contributed by atoms with van der Waals surface area (Å²) in [6.07, 6.45) is 0.135. The SMILES string of the molecule is Cc1ccc(N2CCN(C(=O)c3cc(Cc4n[nH]c(=O)c5ccccc45)cc(F)c3F)CC2)cc1. The third kappa shape index (κ3) is 4.51. The van der Waals surface area contributed by atoms with Crippen molar-refractivity contribution in [3.05, 3.63) is 105 Å². The molecule has 6 nitrogen and oxygen atoms in total. The summed E-state index contributed by atoms with van der Waals surface area (Å²) in [5.74, 6) is -2.78. The third-order valence-electron chi connectivity index (χ3n) is 6.43. The van der Waals surface area contributed by atoms with Crippen LogP contribution in [0.1, 0.15) is 27.2 Å². The average molecular weight is 475 g/mol. The van der Waals surface area contributed by atoms with E-state index in [0.717, 1.165) is 11.8 Å². The van der Waals surface area contributed by atoms with Crippen LogP contribution in [-0.4, -0.2) is 47.2 Å². The summed E-state index contributed by atoms with van der Waals surface area (Å²) in [4.78, 5) is 28.9. The maximum Gasteiger partial charge on any atom is 0.272 e. The molecule has 0 atom stereocenters. The Balaban J connectivity index is 1.37. The van der Waals surface area contributed by atoms with Crippen LogP contribution in [0.3, 0.4) is 0 Å². The van der Waals surface area contributed by atoms with Gasteiger partial charge in [0.1, 0.15) is 0 Å². The second kappa shape index (κ2) is 9.29. The molecule has 1 aliphatic rings. The fourth-order valence-corrected chi connectivity index (χ4v) is 4.50. The Bertz CT molecular complexity index is 1460. The molecule has 0 bridgehead atoms. The predicted octanol–water partition coefficient (Wildman–Crippen LogP) is 4.06. The summed E-state index contributed by atoms with van der Waals surface area (Å²) in [7, 11) is 0. The van der Waals surface area contributed by atoms with E-state index in [1.54, 1.807) is 29.2 Å². The lowest BCUT2D eigenvalue weighted by atomic mass is 10.0. The molecule has 2 heterocycles. The summed E-state index contributed by atoms with van der Waals surface area (Å²) in [5, 5.41) is 7.64. The van der Waals surface area contributed by atoms with Crippen molar-refractivity contribution in [1.29, 1.82) is 0 Å². The standard InChI is InChI=1S/C27H24F2N4O2/c1-17-6-8-19(9-7-17)32-10-12-33(13-11-32)27(35)22-14-18(15-23(28)25(22)29)16-24-20-4-2-3-5-21(20)26(34)31-30-24/h2-9,14-15H,10-13,16H2,1H3,(H,31,34). The second-order valence-electron chi connectivity index (χ2n) is 8.78. The van der Waals surface area contributed by atoms with Crippen LogP contribution in [0.15, 0.2) is 65.5 Å². The maximum atomic E-state index is 14.7. The van der Waals surface area contributed by atoms with Gasteiger partial charge in [0, 0.05) is 43.7 Å². The second-order valence-corrected chi connectivity index (χ2v) is 8.78. The molecule has 1 amide bonds. The number of hydrogen-bond acceptors (Lipinski definition) is 4. The molecule has 8 heteroatoms. The number of benzene rings is 3. The van der Waals surface area contributed by atoms with Crippen molar-refractivity contribution in [2.75, 3.05) is 31.1 Å². The molecule has 178 valence electrons. The van der Waals surface area contributed by atoms with Gasteiger partial charge >= 0.3 is 0 Å². The van der Waals surface area contributed by atoms with E-state index >= 15 is 0 Å². The van der Waals surface area contributed by atoms with Crippen molar-refractivity contribution in [2.45, 2.75) is 13.3 Å². The number of amides is 1. The van der Waals surface area contributed by atoms with Crippen LogP contribution in [0.2, 0.25) is 0 Å². The zero-order valence-corrected chi connectivity index (χ0v) is 19.2. The van der Waals surface area contributed by atoms with Crippen molar-refractivity contribution >= 4 is 22.4 Å². The molecule has 1 saturated heterocycles. The number of halogens is 2. The first-order valence-electron chi connectivity index (χ1n) is 11.5. The van der Waals surface area contributed by atoms with Gasteiger partial charge in [-0.3, -0.25) is 9.59 Å². The molecule has 1 aliphatic heterocycles. The van der Waals surface area contributed by atoms with E-state index in [1.165, 1.54) is 11.6 Å². The van der Waals surface area contributed by atoms with Gasteiger partial charge in [0.25, 0.3) is 11.5 Å². The number of nitrogens with one attached hydrogen (secondary N) is 1. The van der Waals surface area contributed by atoms with Crippen molar-refractivity contribution < 1.29 is 13.6 Å². The number of carbonyl (C=O) groups is 1. The lowest BCUT2D eigenvalue weighted by Crippen LogP contribution is -2.49. The van der Waals surface area contributed by atoms with Crippen LogP contribution in [0.4, 0.5) is 14.5 Å². The number of nitrogens with zero attached hydrogens (tertiary/aromatic N) is 3. The van der Waals surface area contributed by atoms with Gasteiger partial charge in [-0.05, 0) is 42.8 Å². The first kappa shape index (κ1) is 22.7. The number of fused-ring (bicyclic) bond motifs is 1. The minimum Gasteiger partial charge on any atom is -0.368 e. The van der Waals surface area contributed by atoms with Crippen LogP contribution in [0, 0.1) is 18.6 Å². The monoisotopic (exact) mass is 474 g/mol. The molecule has 0 saturated carbocycles. The van der Waals surface area contributed by atoms with Crippen LogP contribution in [-0.2, 0) is 6.42 Å². The minimum atomic E-state index is -1.15. The zero-order chi connectivity index (χ0) is 24.5. The van der Waals surface area contributed by atoms with Crippen molar-refractivity contribution in [3.63, 3.8) is 0 Å². The molecule has 35 heavy (non-hydrogen) atoms. The van der Waals surface area contributed by atoms with Crippen molar-refractivity contribution in [2.24, 2.45) is 0 Å². The smallest absolute Gasteiger partial charge is 0.272 e. The molecule has 0 spiro atoms. The van der Waals surface area contributed by atoms with E-state index in [-0.39, 0.29) is 17.5 Å². The molecule has 1 fully saturated rings. The molecule has 3 aromatic carbocycles. The van der Waals surface area contributed by atoms with Gasteiger partial charge in [-0.1, -0.05) is 35.9 Å². The third-order valence-corrected chi connectivity index (χ3v) is 6.43. The molecular weight excluding hydrogens is 450 g/mol. The molecule has 0 unspecified atom stereocenters. The first-order chi connectivity index (χ1) is 16.9. The summed E-state index contributed by atoms with van der Waals surface area (Å²) >= 11 is 0. The lowest BCUT2D eigenvalue weighted by molar-refractivity contribution is 0.0740. The number of aryl methyl sites for hydroxylation is 1. The van der Waals surface area contributed by atoms with E-state index in [2.05, 4.69) is 15.1 Å². The van der Waals surface area contributed by atoms with E-state index in [0.29, 0.717) is 48.2 Å². The normalized spacial score (nSPS) is 13.9. The molecule has 5 rings (SSSR count). The Morgan fingerprint density at radius 2 is 1.66 bits per heavy atom. The van der Waals surface area contributed by atoms with E-state index in [1.807, 2.05) is 31.2 Å². The van der Waals surface area contributed by atoms with Gasteiger partial charge in [0.2, 0.25) is 0 Å². The fourth-order valence-electron chi connectivity index (χ4n) is 4.50. The number of carbonyl (C=O) groups excluding carboxylic acids is 1. The number of hydrogen-bond donors (Lipinski definition) is 1.